The fourth-order valence-electron chi connectivity index (χ4n) is 1.59. The maximum absolute atomic E-state index is 12.1. The molecule has 0 amide bonds. The Morgan fingerprint density at radius 2 is 2.12 bits per heavy atom. The lowest BCUT2D eigenvalue weighted by Gasteiger charge is -2.15. The predicted molar refractivity (Wildman–Crippen MR) is 68.0 cm³/mol. The van der Waals surface area contributed by atoms with E-state index in [2.05, 4.69) is 5.32 Å². The topological polar surface area (TPSA) is 55.4 Å². The van der Waals surface area contributed by atoms with Crippen LogP contribution in [0.3, 0.4) is 0 Å². The van der Waals surface area contributed by atoms with Gasteiger partial charge >= 0.3 is 0 Å². The minimum Gasteiger partial charge on any atom is -0.383 e. The third kappa shape index (κ3) is 4.11. The lowest BCUT2D eigenvalue weighted by molar-refractivity contribution is 0.176. The standard InChI is InChI=1S/C12H19NO3S/c1-10-5-4-6-12(7-10)17(14,15)9-11(13-2)8-16-3/h4-7,11,13H,8-9H2,1-3H3. The molecule has 1 rings (SSSR count). The van der Waals surface area contributed by atoms with Gasteiger partial charge in [0.15, 0.2) is 9.84 Å². The Morgan fingerprint density at radius 3 is 2.65 bits per heavy atom. The first-order valence-electron chi connectivity index (χ1n) is 5.45. The van der Waals surface area contributed by atoms with Crippen molar-refractivity contribution in [3.63, 3.8) is 0 Å². The average molecular weight is 257 g/mol. The smallest absolute Gasteiger partial charge is 0.180 e. The summed E-state index contributed by atoms with van der Waals surface area (Å²) >= 11 is 0. The number of rotatable bonds is 6. The van der Waals surface area contributed by atoms with Gasteiger partial charge in [0, 0.05) is 13.2 Å². The van der Waals surface area contributed by atoms with Crippen LogP contribution in [0.4, 0.5) is 0 Å². The first-order valence-corrected chi connectivity index (χ1v) is 7.10. The summed E-state index contributed by atoms with van der Waals surface area (Å²) in [7, 11) is 0.0320. The highest BCUT2D eigenvalue weighted by atomic mass is 32.2. The van der Waals surface area contributed by atoms with E-state index >= 15 is 0 Å². The average Bonchev–Trinajstić information content (AvgIpc) is 2.28. The van der Waals surface area contributed by atoms with Gasteiger partial charge in [-0.1, -0.05) is 12.1 Å². The van der Waals surface area contributed by atoms with Crippen LogP contribution in [0.5, 0.6) is 0 Å². The van der Waals surface area contributed by atoms with Crippen molar-refractivity contribution < 1.29 is 13.2 Å². The second kappa shape index (κ2) is 6.14. The van der Waals surface area contributed by atoms with Crippen molar-refractivity contribution >= 4 is 9.84 Å². The zero-order chi connectivity index (χ0) is 12.9. The van der Waals surface area contributed by atoms with Gasteiger partial charge in [-0.05, 0) is 31.7 Å². The molecule has 1 N–H and O–H groups in total. The fourth-order valence-corrected chi connectivity index (χ4v) is 3.22. The Balaban J connectivity index is 2.88. The lowest BCUT2D eigenvalue weighted by Crippen LogP contribution is -2.36. The Hall–Kier alpha value is -0.910. The predicted octanol–water partition coefficient (Wildman–Crippen LogP) is 1.00. The number of benzene rings is 1. The zero-order valence-corrected chi connectivity index (χ0v) is 11.3. The van der Waals surface area contributed by atoms with Crippen molar-refractivity contribution in [2.45, 2.75) is 17.9 Å². The summed E-state index contributed by atoms with van der Waals surface area (Å²) in [6.45, 7) is 2.26. The highest BCUT2D eigenvalue weighted by Crippen LogP contribution is 2.13. The molecular formula is C12H19NO3S. The number of methoxy groups -OCH3 is 1. The monoisotopic (exact) mass is 257 g/mol. The summed E-state index contributed by atoms with van der Waals surface area (Å²) in [6, 6.07) is 6.76. The van der Waals surface area contributed by atoms with E-state index in [0.29, 0.717) is 11.5 Å². The van der Waals surface area contributed by atoms with Gasteiger partial charge in [0.05, 0.1) is 17.3 Å². The van der Waals surface area contributed by atoms with Gasteiger partial charge in [-0.15, -0.1) is 0 Å². The van der Waals surface area contributed by atoms with Gasteiger partial charge < -0.3 is 10.1 Å². The number of sulfone groups is 1. The number of aryl methyl sites for hydroxylation is 1. The van der Waals surface area contributed by atoms with Crippen LogP contribution in [-0.2, 0) is 14.6 Å². The molecule has 5 heteroatoms. The lowest BCUT2D eigenvalue weighted by atomic mass is 10.2. The van der Waals surface area contributed by atoms with Crippen LogP contribution in [0.15, 0.2) is 29.2 Å². The van der Waals surface area contributed by atoms with Crippen molar-refractivity contribution in [1.29, 1.82) is 0 Å². The summed E-state index contributed by atoms with van der Waals surface area (Å²) < 4.78 is 29.2. The summed E-state index contributed by atoms with van der Waals surface area (Å²) in [5.41, 5.74) is 0.943. The van der Waals surface area contributed by atoms with Gasteiger partial charge in [0.2, 0.25) is 0 Å². The van der Waals surface area contributed by atoms with E-state index in [1.807, 2.05) is 13.0 Å². The van der Waals surface area contributed by atoms with Gasteiger partial charge in [-0.3, -0.25) is 0 Å². The normalized spacial score (nSPS) is 13.6. The van der Waals surface area contributed by atoms with Crippen molar-refractivity contribution in [3.8, 4) is 0 Å². The van der Waals surface area contributed by atoms with E-state index in [9.17, 15) is 8.42 Å². The maximum Gasteiger partial charge on any atom is 0.180 e. The molecule has 17 heavy (non-hydrogen) atoms. The molecule has 0 saturated heterocycles. The first kappa shape index (κ1) is 14.2. The van der Waals surface area contributed by atoms with Crippen molar-refractivity contribution in [1.82, 2.24) is 5.32 Å². The van der Waals surface area contributed by atoms with Crippen LogP contribution in [0.2, 0.25) is 0 Å². The van der Waals surface area contributed by atoms with Gasteiger partial charge in [-0.25, -0.2) is 8.42 Å². The van der Waals surface area contributed by atoms with Crippen LogP contribution in [-0.4, -0.2) is 41.0 Å². The molecule has 0 fully saturated rings. The molecule has 4 nitrogen and oxygen atoms in total. The molecule has 0 aliphatic heterocycles. The molecule has 1 aromatic carbocycles. The van der Waals surface area contributed by atoms with E-state index in [-0.39, 0.29) is 11.8 Å². The highest BCUT2D eigenvalue weighted by molar-refractivity contribution is 7.91. The van der Waals surface area contributed by atoms with Crippen molar-refractivity contribution in [3.05, 3.63) is 29.8 Å². The molecular weight excluding hydrogens is 238 g/mol. The van der Waals surface area contributed by atoms with Crippen molar-refractivity contribution in [2.75, 3.05) is 26.5 Å². The number of hydrogen-bond donors (Lipinski definition) is 1. The van der Waals surface area contributed by atoms with Gasteiger partial charge in [-0.2, -0.15) is 0 Å². The van der Waals surface area contributed by atoms with Gasteiger partial charge in [0.25, 0.3) is 0 Å². The molecule has 0 spiro atoms. The second-order valence-electron chi connectivity index (χ2n) is 4.04. The molecule has 0 aliphatic carbocycles. The van der Waals surface area contributed by atoms with E-state index in [1.54, 1.807) is 32.4 Å². The summed E-state index contributed by atoms with van der Waals surface area (Å²) in [5, 5.41) is 2.94. The molecule has 96 valence electrons. The Bertz CT molecular complexity index is 457. The number of ether oxygens (including phenoxy) is 1. The van der Waals surface area contributed by atoms with Crippen LogP contribution in [0, 0.1) is 6.92 Å². The minimum atomic E-state index is -3.26. The summed E-state index contributed by atoms with van der Waals surface area (Å²) in [6.07, 6.45) is 0. The first-order chi connectivity index (χ1) is 7.99. The van der Waals surface area contributed by atoms with Crippen LogP contribution >= 0.6 is 0 Å². The van der Waals surface area contributed by atoms with E-state index < -0.39 is 9.84 Å². The number of likely N-dealkylation sites (N-methyl/N-ethyl adjacent to an activating group) is 1. The van der Waals surface area contributed by atoms with E-state index in [0.717, 1.165) is 5.56 Å². The molecule has 0 saturated carbocycles. The SMILES string of the molecule is CNC(COC)CS(=O)(=O)c1cccc(C)c1. The van der Waals surface area contributed by atoms with E-state index in [1.165, 1.54) is 0 Å². The summed E-state index contributed by atoms with van der Waals surface area (Å²) in [4.78, 5) is 0.369. The van der Waals surface area contributed by atoms with Crippen LogP contribution in [0.25, 0.3) is 0 Å². The van der Waals surface area contributed by atoms with Crippen LogP contribution < -0.4 is 5.32 Å². The van der Waals surface area contributed by atoms with Crippen molar-refractivity contribution in [2.24, 2.45) is 0 Å². The molecule has 0 aliphatic rings. The summed E-state index contributed by atoms with van der Waals surface area (Å²) in [5.74, 6) is 0.0425. The molecule has 1 atom stereocenters. The quantitative estimate of drug-likeness (QED) is 0.826. The maximum atomic E-state index is 12.1. The van der Waals surface area contributed by atoms with Crippen LogP contribution in [0.1, 0.15) is 5.56 Å². The Kier molecular flexibility index (Phi) is 5.11. The number of hydrogen-bond acceptors (Lipinski definition) is 4. The largest absolute Gasteiger partial charge is 0.383 e. The Morgan fingerprint density at radius 1 is 1.41 bits per heavy atom. The third-order valence-electron chi connectivity index (χ3n) is 2.55. The highest BCUT2D eigenvalue weighted by Gasteiger charge is 2.20. The third-order valence-corrected chi connectivity index (χ3v) is 4.36. The Labute approximate surface area is 103 Å². The molecule has 0 radical (unpaired) electrons. The number of nitrogens with one attached hydrogen (secondary N) is 1. The molecule has 0 bridgehead atoms. The fraction of sp³-hybridized carbons (Fsp3) is 0.500. The molecule has 0 heterocycles. The molecule has 0 aromatic heterocycles. The second-order valence-corrected chi connectivity index (χ2v) is 6.07. The molecule has 1 unspecified atom stereocenters. The minimum absolute atomic E-state index is 0.0425. The molecule has 1 aromatic rings. The zero-order valence-electron chi connectivity index (χ0n) is 10.4. The van der Waals surface area contributed by atoms with Gasteiger partial charge in [0.1, 0.15) is 0 Å². The van der Waals surface area contributed by atoms with E-state index in [4.69, 9.17) is 4.74 Å².